The number of ketones is 1. The molecule has 1 aromatic carbocycles. The van der Waals surface area contributed by atoms with E-state index in [-0.39, 0.29) is 10.8 Å². The Bertz CT molecular complexity index is 832. The molecule has 0 saturated carbocycles. The Labute approximate surface area is 151 Å². The summed E-state index contributed by atoms with van der Waals surface area (Å²) in [5, 5.41) is 18.9. The molecule has 0 amide bonds. The topological polar surface area (TPSA) is 66.7 Å². The first kappa shape index (κ1) is 16.6. The number of hydrogen-bond acceptors (Lipinski definition) is 6. The number of rotatable bonds is 3. The molecule has 118 valence electrons. The number of carbonyl (C=O) groups is 1. The molecule has 3 rings (SSSR count). The number of hydrogen-bond donors (Lipinski definition) is 1. The summed E-state index contributed by atoms with van der Waals surface area (Å²) in [5.41, 5.74) is 0.701. The lowest BCUT2D eigenvalue weighted by Crippen LogP contribution is -2.11. The number of aromatic nitrogens is 2. The first-order chi connectivity index (χ1) is 11.0. The molecule has 1 fully saturated rings. The number of nitrogens with zero attached hydrogens (tertiary/aromatic N) is 2. The van der Waals surface area contributed by atoms with Crippen LogP contribution in [0, 0.1) is 5.41 Å². The minimum atomic E-state index is -0.643. The van der Waals surface area contributed by atoms with Gasteiger partial charge in [0.15, 0.2) is 5.78 Å². The maximum Gasteiger partial charge on any atom is 0.186 e. The molecule has 1 N–H and O–H groups in total. The van der Waals surface area contributed by atoms with Gasteiger partial charge in [0.2, 0.25) is 0 Å². The summed E-state index contributed by atoms with van der Waals surface area (Å²) in [6.45, 7) is 1.98. The van der Waals surface area contributed by atoms with Crippen molar-refractivity contribution in [2.75, 3.05) is 0 Å². The summed E-state index contributed by atoms with van der Waals surface area (Å²) in [6.07, 6.45) is 2.46. The molecule has 0 bridgehead atoms. The van der Waals surface area contributed by atoms with Gasteiger partial charge in [0.05, 0.1) is 9.95 Å². The normalized spacial score (nSPS) is 19.8. The van der Waals surface area contributed by atoms with Gasteiger partial charge in [0.25, 0.3) is 0 Å². The van der Waals surface area contributed by atoms with Crippen LogP contribution in [0.3, 0.4) is 0 Å². The van der Waals surface area contributed by atoms with Gasteiger partial charge in [-0.3, -0.25) is 10.2 Å². The van der Waals surface area contributed by atoms with E-state index in [1.165, 1.54) is 11.3 Å². The van der Waals surface area contributed by atoms with E-state index in [0.29, 0.717) is 25.5 Å². The smallest absolute Gasteiger partial charge is 0.186 e. The monoisotopic (exact) mass is 383 g/mol. The average molecular weight is 384 g/mol. The van der Waals surface area contributed by atoms with Gasteiger partial charge in [-0.2, -0.15) is 0 Å². The van der Waals surface area contributed by atoms with Gasteiger partial charge in [-0.15, -0.1) is 21.5 Å². The van der Waals surface area contributed by atoms with Crippen LogP contribution in [-0.2, 0) is 11.2 Å². The zero-order valence-corrected chi connectivity index (χ0v) is 15.1. The molecule has 1 saturated heterocycles. The Balaban J connectivity index is 1.93. The van der Waals surface area contributed by atoms with Crippen molar-refractivity contribution in [2.24, 2.45) is 0 Å². The van der Waals surface area contributed by atoms with E-state index in [9.17, 15) is 4.79 Å². The molecule has 0 radical (unpaired) electrons. The molecule has 2 heterocycles. The fourth-order valence-electron chi connectivity index (χ4n) is 2.10. The highest BCUT2D eigenvalue weighted by Gasteiger charge is 2.39. The third-order valence-corrected chi connectivity index (χ3v) is 5.96. The first-order valence-electron chi connectivity index (χ1n) is 6.79. The summed E-state index contributed by atoms with van der Waals surface area (Å²) in [6, 6.07) is 5.09. The fourth-order valence-corrected chi connectivity index (χ4v) is 4.51. The van der Waals surface area contributed by atoms with Gasteiger partial charge < -0.3 is 0 Å². The number of nitrogens with one attached hydrogen (secondary N) is 1. The second kappa shape index (κ2) is 6.73. The van der Waals surface area contributed by atoms with Gasteiger partial charge in [-0.25, -0.2) is 0 Å². The minimum Gasteiger partial charge on any atom is -0.297 e. The summed E-state index contributed by atoms with van der Waals surface area (Å²) in [5.74, 6) is -0.778. The van der Waals surface area contributed by atoms with E-state index >= 15 is 0 Å². The predicted octanol–water partition coefficient (Wildman–Crippen LogP) is 4.83. The lowest BCUT2D eigenvalue weighted by molar-refractivity contribution is -0.114. The second-order valence-corrected chi connectivity index (χ2v) is 7.85. The molecule has 1 aromatic heterocycles. The molecule has 1 aliphatic heterocycles. The standard InChI is InChI=1S/C15H11Cl2N3OS2/c1-2-11-19-20-15(23-11)12-13(21)10(22-14(12)18)5-7-3-4-8(16)6-9(7)17/h3-6,12,18H,2H2,1H3. The van der Waals surface area contributed by atoms with E-state index < -0.39 is 5.92 Å². The Morgan fingerprint density at radius 2 is 2.13 bits per heavy atom. The largest absolute Gasteiger partial charge is 0.297 e. The minimum absolute atomic E-state index is 0.134. The highest BCUT2D eigenvalue weighted by Crippen LogP contribution is 2.42. The van der Waals surface area contributed by atoms with Crippen LogP contribution < -0.4 is 0 Å². The molecule has 1 atom stereocenters. The predicted molar refractivity (Wildman–Crippen MR) is 96.8 cm³/mol. The Hall–Kier alpha value is -1.21. The summed E-state index contributed by atoms with van der Waals surface area (Å²) < 4.78 is 0. The SMILES string of the molecule is CCc1nnc(C2C(=N)SC(=Cc3ccc(Cl)cc3Cl)C2=O)s1. The molecule has 0 spiro atoms. The van der Waals surface area contributed by atoms with Crippen molar-refractivity contribution in [3.8, 4) is 0 Å². The number of aryl methyl sites for hydroxylation is 1. The van der Waals surface area contributed by atoms with Crippen LogP contribution in [0.4, 0.5) is 0 Å². The van der Waals surface area contributed by atoms with Crippen molar-refractivity contribution in [1.29, 1.82) is 5.41 Å². The molecule has 8 heteroatoms. The maximum atomic E-state index is 12.6. The number of thioether (sulfide) groups is 1. The fraction of sp³-hybridized carbons (Fsp3) is 0.200. The third kappa shape index (κ3) is 3.35. The van der Waals surface area contributed by atoms with Crippen LogP contribution in [0.2, 0.25) is 10.0 Å². The molecule has 0 aliphatic carbocycles. The van der Waals surface area contributed by atoms with Crippen molar-refractivity contribution in [3.05, 3.63) is 48.7 Å². The summed E-state index contributed by atoms with van der Waals surface area (Å²) in [4.78, 5) is 13.1. The zero-order chi connectivity index (χ0) is 16.6. The van der Waals surface area contributed by atoms with Crippen LogP contribution in [-0.4, -0.2) is 21.0 Å². The van der Waals surface area contributed by atoms with Crippen LogP contribution in [0.1, 0.15) is 28.4 Å². The highest BCUT2D eigenvalue weighted by molar-refractivity contribution is 8.19. The van der Waals surface area contributed by atoms with Crippen LogP contribution in [0.25, 0.3) is 6.08 Å². The van der Waals surface area contributed by atoms with Gasteiger partial charge in [-0.1, -0.05) is 48.0 Å². The summed E-state index contributed by atoms with van der Waals surface area (Å²) in [7, 11) is 0. The van der Waals surface area contributed by atoms with Gasteiger partial charge in [0, 0.05) is 10.0 Å². The molecular formula is C15H11Cl2N3OS2. The van der Waals surface area contributed by atoms with E-state index in [1.807, 2.05) is 6.92 Å². The Kier molecular flexibility index (Phi) is 4.87. The summed E-state index contributed by atoms with van der Waals surface area (Å²) >= 11 is 14.5. The van der Waals surface area contributed by atoms with Gasteiger partial charge >= 0.3 is 0 Å². The Morgan fingerprint density at radius 3 is 2.78 bits per heavy atom. The lowest BCUT2D eigenvalue weighted by Gasteiger charge is -2.01. The number of halogens is 2. The van der Waals surface area contributed by atoms with Crippen LogP contribution >= 0.6 is 46.3 Å². The quantitative estimate of drug-likeness (QED) is 0.770. The first-order valence-corrected chi connectivity index (χ1v) is 9.18. The highest BCUT2D eigenvalue weighted by atomic mass is 35.5. The lowest BCUT2D eigenvalue weighted by atomic mass is 10.1. The number of benzene rings is 1. The third-order valence-electron chi connectivity index (χ3n) is 3.27. The number of Topliss-reactive ketones (excluding diaryl/α,β-unsaturated/α-hetero) is 1. The van der Waals surface area contributed by atoms with E-state index in [2.05, 4.69) is 10.2 Å². The van der Waals surface area contributed by atoms with E-state index in [1.54, 1.807) is 24.3 Å². The van der Waals surface area contributed by atoms with Crippen molar-refractivity contribution in [3.63, 3.8) is 0 Å². The van der Waals surface area contributed by atoms with Gasteiger partial charge in [0.1, 0.15) is 15.9 Å². The van der Waals surface area contributed by atoms with Crippen molar-refractivity contribution in [2.45, 2.75) is 19.3 Å². The van der Waals surface area contributed by atoms with E-state index in [0.717, 1.165) is 23.2 Å². The average Bonchev–Trinajstić information content (AvgIpc) is 3.07. The van der Waals surface area contributed by atoms with E-state index in [4.69, 9.17) is 28.6 Å². The van der Waals surface area contributed by atoms with Crippen molar-refractivity contribution < 1.29 is 4.79 Å². The van der Waals surface area contributed by atoms with Crippen LogP contribution in [0.15, 0.2) is 23.1 Å². The molecule has 1 unspecified atom stereocenters. The molecule has 2 aromatic rings. The van der Waals surface area contributed by atoms with Crippen molar-refractivity contribution >= 4 is 63.2 Å². The number of carbonyl (C=O) groups excluding carboxylic acids is 1. The molecule has 1 aliphatic rings. The van der Waals surface area contributed by atoms with Gasteiger partial charge in [-0.05, 0) is 30.2 Å². The van der Waals surface area contributed by atoms with Crippen LogP contribution in [0.5, 0.6) is 0 Å². The zero-order valence-electron chi connectivity index (χ0n) is 12.0. The molecule has 4 nitrogen and oxygen atoms in total. The van der Waals surface area contributed by atoms with Crippen molar-refractivity contribution in [1.82, 2.24) is 10.2 Å². The number of allylic oxidation sites excluding steroid dienone is 1. The maximum absolute atomic E-state index is 12.6. The molecule has 23 heavy (non-hydrogen) atoms. The molecular weight excluding hydrogens is 373 g/mol. The second-order valence-electron chi connectivity index (χ2n) is 4.83. The Morgan fingerprint density at radius 1 is 1.35 bits per heavy atom.